The van der Waals surface area contributed by atoms with E-state index in [0.717, 1.165) is 5.69 Å². The van der Waals surface area contributed by atoms with Gasteiger partial charge in [-0.15, -0.1) is 0 Å². The van der Waals surface area contributed by atoms with Gasteiger partial charge >= 0.3 is 0 Å². The van der Waals surface area contributed by atoms with Crippen molar-refractivity contribution in [3.63, 3.8) is 0 Å². The van der Waals surface area contributed by atoms with Gasteiger partial charge in [0.2, 0.25) is 0 Å². The number of hydrogen-bond donors (Lipinski definition) is 2. The molecule has 0 saturated carbocycles. The molecule has 2 N–H and O–H groups in total. The molecular weight excluding hydrogens is 198 g/mol. The lowest BCUT2D eigenvalue weighted by Crippen LogP contribution is -2.21. The van der Waals surface area contributed by atoms with Crippen LogP contribution in [0.2, 0.25) is 0 Å². The van der Waals surface area contributed by atoms with Crippen LogP contribution in [0.5, 0.6) is 0 Å². The number of hydrogen-bond acceptors (Lipinski definition) is 4. The van der Waals surface area contributed by atoms with Gasteiger partial charge in [0, 0.05) is 23.2 Å². The van der Waals surface area contributed by atoms with Crippen LogP contribution in [0.1, 0.15) is 17.4 Å². The second kappa shape index (κ2) is 4.79. The Kier molecular flexibility index (Phi) is 3.68. The summed E-state index contributed by atoms with van der Waals surface area (Å²) in [6.45, 7) is 1.62. The molecule has 0 aliphatic rings. The van der Waals surface area contributed by atoms with Crippen LogP contribution in [0.4, 0.5) is 0 Å². The van der Waals surface area contributed by atoms with Crippen molar-refractivity contribution in [2.45, 2.75) is 19.1 Å². The predicted molar refractivity (Wildman–Crippen MR) is 52.9 cm³/mol. The van der Waals surface area contributed by atoms with E-state index < -0.39 is 12.2 Å². The van der Waals surface area contributed by atoms with Crippen LogP contribution in [-0.4, -0.2) is 32.6 Å². The van der Waals surface area contributed by atoms with Crippen LogP contribution in [0.3, 0.4) is 0 Å². The van der Waals surface area contributed by atoms with Crippen LogP contribution < -0.4 is 0 Å². The predicted octanol–water partition coefficient (Wildman–Crippen LogP) is 0.433. The van der Waals surface area contributed by atoms with Crippen LogP contribution in [0.15, 0.2) is 11.3 Å². The van der Waals surface area contributed by atoms with Crippen molar-refractivity contribution in [3.8, 4) is 0 Å². The van der Waals surface area contributed by atoms with E-state index in [9.17, 15) is 10.2 Å². The molecule has 0 aliphatic carbocycles. The fraction of sp³-hybridized carbons (Fsp3) is 0.625. The van der Waals surface area contributed by atoms with Gasteiger partial charge in [-0.25, -0.2) is 0 Å². The molecule has 0 bridgehead atoms. The first kappa shape index (κ1) is 11.5. The highest BCUT2D eigenvalue weighted by Crippen LogP contribution is 2.20. The molecule has 0 saturated heterocycles. The minimum Gasteiger partial charge on any atom is -0.390 e. The molecule has 0 radical (unpaired) electrons. The third kappa shape index (κ3) is 2.47. The Labute approximate surface area is 86.6 Å². The summed E-state index contributed by atoms with van der Waals surface area (Å²) >= 11 is 0. The van der Waals surface area contributed by atoms with E-state index in [4.69, 9.17) is 5.53 Å². The highest BCUT2D eigenvalue weighted by atomic mass is 16.3. The van der Waals surface area contributed by atoms with Gasteiger partial charge in [-0.05, 0) is 12.5 Å². The summed E-state index contributed by atoms with van der Waals surface area (Å²) in [5, 5.41) is 26.3. The zero-order valence-corrected chi connectivity index (χ0v) is 8.57. The zero-order valence-electron chi connectivity index (χ0n) is 8.57. The molecule has 0 aliphatic heterocycles. The maximum Gasteiger partial charge on any atom is 0.108 e. The summed E-state index contributed by atoms with van der Waals surface area (Å²) in [5.41, 5.74) is 9.38. The van der Waals surface area contributed by atoms with E-state index in [1.807, 2.05) is 0 Å². The van der Waals surface area contributed by atoms with Crippen molar-refractivity contribution in [2.75, 3.05) is 6.54 Å². The summed E-state index contributed by atoms with van der Waals surface area (Å²) in [6.07, 6.45) is -0.702. The largest absolute Gasteiger partial charge is 0.390 e. The normalized spacial score (nSPS) is 14.4. The number of nitrogens with zero attached hydrogens (tertiary/aromatic N) is 5. The molecule has 2 unspecified atom stereocenters. The molecule has 15 heavy (non-hydrogen) atoms. The molecule has 82 valence electrons. The molecule has 1 heterocycles. The summed E-state index contributed by atoms with van der Waals surface area (Å²) in [6, 6.07) is 0. The number of aryl methyl sites for hydroxylation is 1. The van der Waals surface area contributed by atoms with Crippen LogP contribution >= 0.6 is 0 Å². The minimum atomic E-state index is -1.11. The van der Waals surface area contributed by atoms with Crippen LogP contribution in [0, 0.1) is 6.92 Å². The number of aliphatic hydroxyl groups excluding tert-OH is 2. The first-order valence-electron chi connectivity index (χ1n) is 4.43. The van der Waals surface area contributed by atoms with E-state index in [-0.39, 0.29) is 6.54 Å². The van der Waals surface area contributed by atoms with Crippen molar-refractivity contribution < 1.29 is 10.2 Å². The lowest BCUT2D eigenvalue weighted by atomic mass is 10.1. The van der Waals surface area contributed by atoms with E-state index in [2.05, 4.69) is 15.1 Å². The van der Waals surface area contributed by atoms with Crippen molar-refractivity contribution >= 4 is 0 Å². The Hall–Kier alpha value is -1.56. The highest BCUT2D eigenvalue weighted by Gasteiger charge is 2.21. The van der Waals surface area contributed by atoms with E-state index in [1.165, 1.54) is 6.20 Å². The summed E-state index contributed by atoms with van der Waals surface area (Å²) in [4.78, 5) is 2.51. The Morgan fingerprint density at radius 2 is 2.33 bits per heavy atom. The number of azide groups is 1. The van der Waals surface area contributed by atoms with Crippen molar-refractivity contribution in [1.29, 1.82) is 0 Å². The summed E-state index contributed by atoms with van der Waals surface area (Å²) < 4.78 is 1.60. The molecule has 0 spiro atoms. The standard InChI is InChI=1S/C8H13N5O2/c1-5-6(3-11-13(5)2)8(15)7(14)4-10-12-9/h3,7-8,14-15H,4H2,1-2H3. The van der Waals surface area contributed by atoms with Gasteiger partial charge in [0.15, 0.2) is 0 Å². The molecule has 1 aromatic heterocycles. The second-order valence-corrected chi connectivity index (χ2v) is 3.23. The van der Waals surface area contributed by atoms with Crippen molar-refractivity contribution in [2.24, 2.45) is 12.2 Å². The van der Waals surface area contributed by atoms with Crippen molar-refractivity contribution in [1.82, 2.24) is 9.78 Å². The third-order valence-electron chi connectivity index (χ3n) is 2.29. The average Bonchev–Trinajstić information content (AvgIpc) is 2.55. The number of aromatic nitrogens is 2. The topological polar surface area (TPSA) is 107 Å². The Morgan fingerprint density at radius 1 is 1.67 bits per heavy atom. The van der Waals surface area contributed by atoms with Gasteiger partial charge in [0.1, 0.15) is 6.10 Å². The average molecular weight is 211 g/mol. The maximum absolute atomic E-state index is 9.72. The Bertz CT molecular complexity index is 382. The van der Waals surface area contributed by atoms with Gasteiger partial charge in [-0.3, -0.25) is 4.68 Å². The second-order valence-electron chi connectivity index (χ2n) is 3.23. The van der Waals surface area contributed by atoms with E-state index in [0.29, 0.717) is 5.56 Å². The quantitative estimate of drug-likeness (QED) is 0.428. The molecule has 0 amide bonds. The summed E-state index contributed by atoms with van der Waals surface area (Å²) in [7, 11) is 1.74. The lowest BCUT2D eigenvalue weighted by Gasteiger charge is -2.15. The monoisotopic (exact) mass is 211 g/mol. The maximum atomic E-state index is 9.72. The lowest BCUT2D eigenvalue weighted by molar-refractivity contribution is 0.0240. The molecule has 1 rings (SSSR count). The highest BCUT2D eigenvalue weighted by molar-refractivity contribution is 5.19. The fourth-order valence-electron chi connectivity index (χ4n) is 1.23. The first-order valence-corrected chi connectivity index (χ1v) is 4.43. The van der Waals surface area contributed by atoms with Gasteiger partial charge < -0.3 is 10.2 Å². The molecule has 0 aromatic carbocycles. The summed E-state index contributed by atoms with van der Waals surface area (Å²) in [5.74, 6) is 0. The fourth-order valence-corrected chi connectivity index (χ4v) is 1.23. The van der Waals surface area contributed by atoms with Crippen LogP contribution in [0.25, 0.3) is 10.4 Å². The van der Waals surface area contributed by atoms with E-state index >= 15 is 0 Å². The SMILES string of the molecule is Cc1c(C(O)C(O)CN=[N+]=[N-])cnn1C. The molecule has 7 nitrogen and oxygen atoms in total. The van der Waals surface area contributed by atoms with Gasteiger partial charge in [0.25, 0.3) is 0 Å². The molecule has 2 atom stereocenters. The van der Waals surface area contributed by atoms with Gasteiger partial charge in [0.05, 0.1) is 18.8 Å². The molecule has 1 aromatic rings. The van der Waals surface area contributed by atoms with Crippen LogP contribution in [-0.2, 0) is 7.05 Å². The smallest absolute Gasteiger partial charge is 0.108 e. The third-order valence-corrected chi connectivity index (χ3v) is 2.29. The van der Waals surface area contributed by atoms with Crippen molar-refractivity contribution in [3.05, 3.63) is 27.9 Å². The van der Waals surface area contributed by atoms with Gasteiger partial charge in [-0.1, -0.05) is 5.11 Å². The number of aliphatic hydroxyl groups is 2. The molecular formula is C8H13N5O2. The first-order chi connectivity index (χ1) is 7.07. The number of rotatable bonds is 4. The Balaban J connectivity index is 2.79. The van der Waals surface area contributed by atoms with Gasteiger partial charge in [-0.2, -0.15) is 5.10 Å². The zero-order chi connectivity index (χ0) is 11.4. The Morgan fingerprint density at radius 3 is 2.80 bits per heavy atom. The molecule has 7 heteroatoms. The van der Waals surface area contributed by atoms with E-state index in [1.54, 1.807) is 18.7 Å². The molecule has 0 fully saturated rings. The minimum absolute atomic E-state index is 0.161.